The fourth-order valence-corrected chi connectivity index (χ4v) is 1.73. The van der Waals surface area contributed by atoms with Crippen LogP contribution in [0.15, 0.2) is 0 Å². The van der Waals surface area contributed by atoms with Crippen molar-refractivity contribution in [3.63, 3.8) is 0 Å². The van der Waals surface area contributed by atoms with Crippen LogP contribution < -0.4 is 11.5 Å². The summed E-state index contributed by atoms with van der Waals surface area (Å²) in [5.74, 6) is -0.487. The summed E-state index contributed by atoms with van der Waals surface area (Å²) >= 11 is 0. The van der Waals surface area contributed by atoms with Crippen LogP contribution in [-0.2, 0) is 9.53 Å². The molecular weight excluding hydrogens is 180 g/mol. The van der Waals surface area contributed by atoms with E-state index in [9.17, 15) is 4.79 Å². The second-order valence-corrected chi connectivity index (χ2v) is 3.96. The number of nitrogens with two attached hydrogens (primary N) is 2. The van der Waals surface area contributed by atoms with E-state index in [0.717, 1.165) is 12.8 Å². The number of rotatable bonds is 4. The molecule has 4 heteroatoms. The van der Waals surface area contributed by atoms with Crippen molar-refractivity contribution in [1.29, 1.82) is 0 Å². The van der Waals surface area contributed by atoms with E-state index in [1.807, 2.05) is 0 Å². The van der Waals surface area contributed by atoms with E-state index < -0.39 is 11.9 Å². The first-order valence-electron chi connectivity index (χ1n) is 5.36. The molecule has 0 spiro atoms. The molecule has 0 aromatic heterocycles. The maximum atomic E-state index is 10.7. The van der Waals surface area contributed by atoms with Gasteiger partial charge in [0.25, 0.3) is 0 Å². The molecule has 4 nitrogen and oxygen atoms in total. The van der Waals surface area contributed by atoms with Crippen molar-refractivity contribution in [2.75, 3.05) is 6.61 Å². The lowest BCUT2D eigenvalue weighted by Gasteiger charge is -2.17. The lowest BCUT2D eigenvalue weighted by atomic mass is 10.1. The average molecular weight is 200 g/mol. The molecule has 1 amide bonds. The summed E-state index contributed by atoms with van der Waals surface area (Å²) in [6, 6.07) is -0.654. The number of primary amides is 1. The van der Waals surface area contributed by atoms with Gasteiger partial charge in [0.15, 0.2) is 0 Å². The molecule has 1 unspecified atom stereocenters. The van der Waals surface area contributed by atoms with Crippen LogP contribution in [0.5, 0.6) is 0 Å². The predicted molar refractivity (Wildman–Crippen MR) is 54.6 cm³/mol. The van der Waals surface area contributed by atoms with Crippen molar-refractivity contribution in [3.8, 4) is 0 Å². The van der Waals surface area contributed by atoms with Crippen LogP contribution in [-0.4, -0.2) is 24.7 Å². The number of ether oxygens (including phenoxy) is 1. The summed E-state index contributed by atoms with van der Waals surface area (Å²) in [7, 11) is 0. The van der Waals surface area contributed by atoms with Gasteiger partial charge in [-0.1, -0.05) is 25.7 Å². The van der Waals surface area contributed by atoms with E-state index in [1.54, 1.807) is 0 Å². The van der Waals surface area contributed by atoms with Crippen LogP contribution in [0.3, 0.4) is 0 Å². The van der Waals surface area contributed by atoms with E-state index in [1.165, 1.54) is 25.7 Å². The lowest BCUT2D eigenvalue weighted by Crippen LogP contribution is -2.41. The number of amides is 1. The second-order valence-electron chi connectivity index (χ2n) is 3.96. The Bertz CT molecular complexity index is 177. The Morgan fingerprint density at radius 2 is 1.86 bits per heavy atom. The minimum atomic E-state index is -0.654. The van der Waals surface area contributed by atoms with Crippen LogP contribution in [0.25, 0.3) is 0 Å². The molecule has 1 fully saturated rings. The molecule has 0 radical (unpaired) electrons. The van der Waals surface area contributed by atoms with Gasteiger partial charge in [0.2, 0.25) is 5.91 Å². The first-order valence-corrected chi connectivity index (χ1v) is 5.36. The minimum absolute atomic E-state index is 0.264. The Hall–Kier alpha value is -0.610. The van der Waals surface area contributed by atoms with Crippen LogP contribution in [0.1, 0.15) is 38.5 Å². The zero-order valence-corrected chi connectivity index (χ0v) is 8.58. The molecule has 0 bridgehead atoms. The van der Waals surface area contributed by atoms with E-state index in [-0.39, 0.29) is 12.7 Å². The van der Waals surface area contributed by atoms with Crippen molar-refractivity contribution < 1.29 is 9.53 Å². The summed E-state index contributed by atoms with van der Waals surface area (Å²) in [5, 5.41) is 0. The lowest BCUT2D eigenvalue weighted by molar-refractivity contribution is -0.121. The maximum absolute atomic E-state index is 10.7. The number of hydrogen-bond acceptors (Lipinski definition) is 3. The van der Waals surface area contributed by atoms with Gasteiger partial charge in [-0.3, -0.25) is 4.79 Å². The molecule has 1 aliphatic rings. The van der Waals surface area contributed by atoms with Crippen molar-refractivity contribution in [3.05, 3.63) is 0 Å². The number of hydrogen-bond donors (Lipinski definition) is 2. The number of carbonyl (C=O) groups excluding carboxylic acids is 1. The summed E-state index contributed by atoms with van der Waals surface area (Å²) in [5.41, 5.74) is 10.5. The monoisotopic (exact) mass is 200 g/mol. The molecule has 0 saturated heterocycles. The summed E-state index contributed by atoms with van der Waals surface area (Å²) in [4.78, 5) is 10.7. The molecule has 1 rings (SSSR count). The first kappa shape index (κ1) is 11.5. The fraction of sp³-hybridized carbons (Fsp3) is 0.900. The van der Waals surface area contributed by atoms with E-state index >= 15 is 0 Å². The normalized spacial score (nSPS) is 21.5. The van der Waals surface area contributed by atoms with Crippen molar-refractivity contribution in [1.82, 2.24) is 0 Å². The quantitative estimate of drug-likeness (QED) is 0.650. The SMILES string of the molecule is NC(=O)C(N)COC1CCCCCC1. The highest BCUT2D eigenvalue weighted by Crippen LogP contribution is 2.19. The Kier molecular flexibility index (Phi) is 4.90. The van der Waals surface area contributed by atoms with Crippen molar-refractivity contribution >= 4 is 5.91 Å². The molecule has 1 aliphatic carbocycles. The highest BCUT2D eigenvalue weighted by Gasteiger charge is 2.15. The van der Waals surface area contributed by atoms with Gasteiger partial charge in [-0.05, 0) is 12.8 Å². The molecule has 0 aliphatic heterocycles. The van der Waals surface area contributed by atoms with Crippen LogP contribution in [0, 0.1) is 0 Å². The molecule has 1 saturated carbocycles. The van der Waals surface area contributed by atoms with E-state index in [4.69, 9.17) is 16.2 Å². The summed E-state index contributed by atoms with van der Waals surface area (Å²) in [6.45, 7) is 0.264. The standard InChI is InChI=1S/C10H20N2O2/c11-9(10(12)13)7-14-8-5-3-1-2-4-6-8/h8-9H,1-7,11H2,(H2,12,13). The Morgan fingerprint density at radius 1 is 1.29 bits per heavy atom. The Balaban J connectivity index is 2.18. The van der Waals surface area contributed by atoms with Crippen LogP contribution in [0.2, 0.25) is 0 Å². The third-order valence-electron chi connectivity index (χ3n) is 2.68. The zero-order valence-electron chi connectivity index (χ0n) is 8.58. The third kappa shape index (κ3) is 4.07. The van der Waals surface area contributed by atoms with Gasteiger partial charge in [0.1, 0.15) is 6.04 Å². The minimum Gasteiger partial charge on any atom is -0.376 e. The average Bonchev–Trinajstić information content (AvgIpc) is 2.42. The van der Waals surface area contributed by atoms with Crippen LogP contribution >= 0.6 is 0 Å². The molecule has 14 heavy (non-hydrogen) atoms. The Labute approximate surface area is 85.0 Å². The molecule has 0 heterocycles. The highest BCUT2D eigenvalue weighted by atomic mass is 16.5. The molecule has 0 aromatic rings. The summed E-state index contributed by atoms with van der Waals surface area (Å²) in [6.07, 6.45) is 7.48. The highest BCUT2D eigenvalue weighted by molar-refractivity contribution is 5.79. The van der Waals surface area contributed by atoms with Crippen LogP contribution in [0.4, 0.5) is 0 Å². The molecular formula is C10H20N2O2. The van der Waals surface area contributed by atoms with Crippen molar-refractivity contribution in [2.24, 2.45) is 11.5 Å². The molecule has 1 atom stereocenters. The van der Waals surface area contributed by atoms with Gasteiger partial charge >= 0.3 is 0 Å². The van der Waals surface area contributed by atoms with Gasteiger partial charge < -0.3 is 16.2 Å². The zero-order chi connectivity index (χ0) is 10.4. The van der Waals surface area contributed by atoms with Gasteiger partial charge in [0.05, 0.1) is 12.7 Å². The molecule has 4 N–H and O–H groups in total. The number of carbonyl (C=O) groups is 1. The topological polar surface area (TPSA) is 78.3 Å². The molecule has 82 valence electrons. The van der Waals surface area contributed by atoms with Gasteiger partial charge in [-0.25, -0.2) is 0 Å². The fourth-order valence-electron chi connectivity index (χ4n) is 1.73. The largest absolute Gasteiger partial charge is 0.376 e. The predicted octanol–water partition coefficient (Wildman–Crippen LogP) is 0.538. The second kappa shape index (κ2) is 5.98. The Morgan fingerprint density at radius 3 is 2.36 bits per heavy atom. The van der Waals surface area contributed by atoms with E-state index in [2.05, 4.69) is 0 Å². The summed E-state index contributed by atoms with van der Waals surface area (Å²) < 4.78 is 5.56. The van der Waals surface area contributed by atoms with Crippen molar-refractivity contribution in [2.45, 2.75) is 50.7 Å². The first-order chi connectivity index (χ1) is 6.70. The van der Waals surface area contributed by atoms with Gasteiger partial charge in [0, 0.05) is 0 Å². The maximum Gasteiger partial charge on any atom is 0.236 e. The third-order valence-corrected chi connectivity index (χ3v) is 2.68. The smallest absolute Gasteiger partial charge is 0.236 e. The molecule has 0 aromatic carbocycles. The van der Waals surface area contributed by atoms with Gasteiger partial charge in [-0.2, -0.15) is 0 Å². The van der Waals surface area contributed by atoms with E-state index in [0.29, 0.717) is 0 Å². The van der Waals surface area contributed by atoms with Gasteiger partial charge in [-0.15, -0.1) is 0 Å².